The molecule has 118 valence electrons. The Kier molecular flexibility index (Phi) is 4.39. The summed E-state index contributed by atoms with van der Waals surface area (Å²) < 4.78 is 0. The molecule has 0 radical (unpaired) electrons. The molecule has 1 aliphatic carbocycles. The Bertz CT molecular complexity index is 602. The fourth-order valence-electron chi connectivity index (χ4n) is 3.64. The molecule has 22 heavy (non-hydrogen) atoms. The van der Waals surface area contributed by atoms with E-state index in [1.54, 1.807) is 0 Å². The van der Waals surface area contributed by atoms with Gasteiger partial charge < -0.3 is 10.0 Å². The first-order valence-electron chi connectivity index (χ1n) is 7.89. The molecule has 4 nitrogen and oxygen atoms in total. The van der Waals surface area contributed by atoms with Gasteiger partial charge in [-0.05, 0) is 49.8 Å². The Balaban J connectivity index is 1.73. The van der Waals surface area contributed by atoms with Crippen molar-refractivity contribution < 1.29 is 14.7 Å². The molecular weight excluding hydrogens is 302 g/mol. The van der Waals surface area contributed by atoms with E-state index in [2.05, 4.69) is 0 Å². The number of aliphatic carboxylic acids is 1. The Hall–Kier alpha value is -1.55. The summed E-state index contributed by atoms with van der Waals surface area (Å²) in [4.78, 5) is 25.8. The Morgan fingerprint density at radius 2 is 1.86 bits per heavy atom. The molecule has 1 aromatic carbocycles. The number of carbonyl (C=O) groups excluding carboxylic acids is 1. The van der Waals surface area contributed by atoms with Crippen molar-refractivity contribution in [3.05, 3.63) is 28.8 Å². The maximum atomic E-state index is 12.8. The zero-order valence-corrected chi connectivity index (χ0v) is 13.2. The van der Waals surface area contributed by atoms with Crippen molar-refractivity contribution >= 4 is 29.2 Å². The monoisotopic (exact) mass is 321 g/mol. The van der Waals surface area contributed by atoms with Crippen LogP contribution in [0.15, 0.2) is 18.2 Å². The molecule has 0 aromatic heterocycles. The minimum atomic E-state index is -0.730. The molecule has 0 spiro atoms. The van der Waals surface area contributed by atoms with Gasteiger partial charge in [-0.15, -0.1) is 0 Å². The predicted octanol–water partition coefficient (Wildman–Crippen LogP) is 3.51. The van der Waals surface area contributed by atoms with Crippen LogP contribution in [-0.2, 0) is 16.0 Å². The van der Waals surface area contributed by atoms with Gasteiger partial charge in [-0.1, -0.05) is 24.1 Å². The van der Waals surface area contributed by atoms with Crippen LogP contribution in [0.2, 0.25) is 5.02 Å². The minimum Gasteiger partial charge on any atom is -0.481 e. The van der Waals surface area contributed by atoms with Gasteiger partial charge in [-0.25, -0.2) is 0 Å². The molecule has 2 aliphatic rings. The molecule has 5 heteroatoms. The average Bonchev–Trinajstić information content (AvgIpc) is 2.77. The van der Waals surface area contributed by atoms with Crippen LogP contribution >= 0.6 is 11.6 Å². The van der Waals surface area contributed by atoms with Gasteiger partial charge in [-0.3, -0.25) is 9.59 Å². The number of benzene rings is 1. The predicted molar refractivity (Wildman–Crippen MR) is 85.2 cm³/mol. The number of nitrogens with zero attached hydrogens (tertiary/aromatic N) is 1. The first kappa shape index (κ1) is 15.3. The van der Waals surface area contributed by atoms with Crippen LogP contribution in [0.5, 0.6) is 0 Å². The van der Waals surface area contributed by atoms with Crippen molar-refractivity contribution in [2.75, 3.05) is 11.4 Å². The van der Waals surface area contributed by atoms with Gasteiger partial charge in [0.05, 0.1) is 5.92 Å². The molecule has 3 rings (SSSR count). The minimum absolute atomic E-state index is 0.0609. The molecule has 1 saturated carbocycles. The highest BCUT2D eigenvalue weighted by molar-refractivity contribution is 6.32. The average molecular weight is 322 g/mol. The van der Waals surface area contributed by atoms with Gasteiger partial charge in [-0.2, -0.15) is 0 Å². The van der Waals surface area contributed by atoms with Crippen molar-refractivity contribution in [2.24, 2.45) is 11.8 Å². The summed E-state index contributed by atoms with van der Waals surface area (Å²) in [6, 6.07) is 5.68. The quantitative estimate of drug-likeness (QED) is 0.848. The van der Waals surface area contributed by atoms with Gasteiger partial charge in [0.15, 0.2) is 0 Å². The third-order valence-electron chi connectivity index (χ3n) is 4.90. The highest BCUT2D eigenvalue weighted by Gasteiger charge is 2.33. The highest BCUT2D eigenvalue weighted by Crippen LogP contribution is 2.36. The second-order valence-corrected chi connectivity index (χ2v) is 6.62. The third-order valence-corrected chi connectivity index (χ3v) is 5.26. The van der Waals surface area contributed by atoms with Gasteiger partial charge in [0.1, 0.15) is 0 Å². The molecule has 2 atom stereocenters. The summed E-state index contributed by atoms with van der Waals surface area (Å²) in [5, 5.41) is 9.87. The molecule has 0 saturated heterocycles. The van der Waals surface area contributed by atoms with Crippen LogP contribution in [0.4, 0.5) is 5.69 Å². The van der Waals surface area contributed by atoms with E-state index in [0.717, 1.165) is 35.5 Å². The number of carboxylic acid groups (broad SMARTS) is 1. The SMILES string of the molecule is O=C(O)C1CCCC(C(=O)N2CCc3c(Cl)cccc32)CC1. The van der Waals surface area contributed by atoms with Gasteiger partial charge in [0.25, 0.3) is 0 Å². The second kappa shape index (κ2) is 6.29. The summed E-state index contributed by atoms with van der Waals surface area (Å²) in [7, 11) is 0. The summed E-state index contributed by atoms with van der Waals surface area (Å²) in [5.41, 5.74) is 1.98. The lowest BCUT2D eigenvalue weighted by molar-refractivity contribution is -0.142. The van der Waals surface area contributed by atoms with Crippen LogP contribution in [0.1, 0.15) is 37.7 Å². The largest absolute Gasteiger partial charge is 0.481 e. The fraction of sp³-hybridized carbons (Fsp3) is 0.529. The molecule has 2 unspecified atom stereocenters. The van der Waals surface area contributed by atoms with Crippen LogP contribution in [0.3, 0.4) is 0 Å². The molecule has 1 aliphatic heterocycles. The number of hydrogen-bond donors (Lipinski definition) is 1. The molecular formula is C17H20ClNO3. The Morgan fingerprint density at radius 3 is 2.64 bits per heavy atom. The number of fused-ring (bicyclic) bond motifs is 1. The zero-order chi connectivity index (χ0) is 15.7. The van der Waals surface area contributed by atoms with E-state index in [9.17, 15) is 9.59 Å². The van der Waals surface area contributed by atoms with E-state index in [1.807, 2.05) is 23.1 Å². The Morgan fingerprint density at radius 1 is 1.14 bits per heavy atom. The first-order chi connectivity index (χ1) is 10.6. The van der Waals surface area contributed by atoms with E-state index < -0.39 is 5.97 Å². The van der Waals surface area contributed by atoms with Crippen LogP contribution in [-0.4, -0.2) is 23.5 Å². The van der Waals surface area contributed by atoms with Gasteiger partial charge in [0, 0.05) is 23.2 Å². The van der Waals surface area contributed by atoms with Crippen molar-refractivity contribution in [2.45, 2.75) is 38.5 Å². The maximum Gasteiger partial charge on any atom is 0.306 e. The Labute approximate surface area is 135 Å². The van der Waals surface area contributed by atoms with E-state index in [0.29, 0.717) is 25.8 Å². The molecule has 1 heterocycles. The van der Waals surface area contributed by atoms with Crippen molar-refractivity contribution in [3.8, 4) is 0 Å². The van der Waals surface area contributed by atoms with Crippen LogP contribution in [0, 0.1) is 11.8 Å². The smallest absolute Gasteiger partial charge is 0.306 e. The maximum absolute atomic E-state index is 12.8. The van der Waals surface area contributed by atoms with Crippen LogP contribution in [0.25, 0.3) is 0 Å². The first-order valence-corrected chi connectivity index (χ1v) is 8.27. The number of carboxylic acids is 1. The molecule has 1 aromatic rings. The highest BCUT2D eigenvalue weighted by atomic mass is 35.5. The van der Waals surface area contributed by atoms with E-state index in [4.69, 9.17) is 16.7 Å². The van der Waals surface area contributed by atoms with E-state index in [1.165, 1.54) is 0 Å². The molecule has 0 bridgehead atoms. The number of carbonyl (C=O) groups is 2. The van der Waals surface area contributed by atoms with E-state index >= 15 is 0 Å². The molecule has 1 amide bonds. The topological polar surface area (TPSA) is 57.6 Å². The molecule has 1 N–H and O–H groups in total. The third kappa shape index (κ3) is 2.84. The van der Waals surface area contributed by atoms with Crippen LogP contribution < -0.4 is 4.90 Å². The lowest BCUT2D eigenvalue weighted by atomic mass is 9.97. The number of anilines is 1. The molecule has 1 fully saturated rings. The van der Waals surface area contributed by atoms with Crippen molar-refractivity contribution in [3.63, 3.8) is 0 Å². The lowest BCUT2D eigenvalue weighted by Gasteiger charge is -2.23. The zero-order valence-electron chi connectivity index (χ0n) is 12.4. The van der Waals surface area contributed by atoms with Gasteiger partial charge >= 0.3 is 5.97 Å². The summed E-state index contributed by atoms with van der Waals surface area (Å²) in [6.45, 7) is 0.677. The van der Waals surface area contributed by atoms with Crippen molar-refractivity contribution in [1.29, 1.82) is 0 Å². The summed E-state index contributed by atoms with van der Waals surface area (Å²) >= 11 is 6.20. The number of hydrogen-bond acceptors (Lipinski definition) is 2. The van der Waals surface area contributed by atoms with E-state index in [-0.39, 0.29) is 17.7 Å². The second-order valence-electron chi connectivity index (χ2n) is 6.22. The normalized spacial score (nSPS) is 24.7. The standard InChI is InChI=1S/C17H20ClNO3/c18-14-5-2-6-15-13(14)9-10-19(15)16(20)11-3-1-4-12(8-7-11)17(21)22/h2,5-6,11-12H,1,3-4,7-10H2,(H,21,22). The number of rotatable bonds is 2. The summed E-state index contributed by atoms with van der Waals surface area (Å²) in [6.07, 6.45) is 4.34. The fourth-order valence-corrected chi connectivity index (χ4v) is 3.90. The number of amides is 1. The van der Waals surface area contributed by atoms with Crippen molar-refractivity contribution in [1.82, 2.24) is 0 Å². The van der Waals surface area contributed by atoms with Gasteiger partial charge in [0.2, 0.25) is 5.91 Å². The lowest BCUT2D eigenvalue weighted by Crippen LogP contribution is -2.34. The summed E-state index contributed by atoms with van der Waals surface area (Å²) in [5.74, 6) is -0.953. The number of halogens is 1.